The molecule has 0 bridgehead atoms. The van der Waals surface area contributed by atoms with E-state index in [2.05, 4.69) is 55.4 Å². The van der Waals surface area contributed by atoms with Crippen LogP contribution in [0.5, 0.6) is 0 Å². The van der Waals surface area contributed by atoms with Crippen molar-refractivity contribution in [3.63, 3.8) is 0 Å². The van der Waals surface area contributed by atoms with Crippen LogP contribution < -0.4 is 0 Å². The summed E-state index contributed by atoms with van der Waals surface area (Å²) in [4.78, 5) is 12.8. The lowest BCUT2D eigenvalue weighted by molar-refractivity contribution is -0.259. The zero-order valence-corrected chi connectivity index (χ0v) is 22.3. The van der Waals surface area contributed by atoms with Crippen LogP contribution in [0.25, 0.3) is 0 Å². The topological polar surface area (TPSA) is 37.3 Å². The lowest BCUT2D eigenvalue weighted by atomic mass is 9.30. The molecule has 1 N–H and O–H groups in total. The molecule has 10 atom stereocenters. The maximum absolute atomic E-state index is 12.8. The first-order valence-electron chi connectivity index (χ1n) is 13.8. The summed E-state index contributed by atoms with van der Waals surface area (Å²) in [7, 11) is 0. The van der Waals surface area contributed by atoms with Crippen molar-refractivity contribution in [1.82, 2.24) is 0 Å². The molecule has 2 nitrogen and oxygen atoms in total. The zero-order valence-electron chi connectivity index (χ0n) is 22.3. The number of Topliss-reactive ketones (excluding diaryl/α,β-unsaturated/α-hetero) is 1. The molecule has 5 saturated carbocycles. The highest BCUT2D eigenvalue weighted by Gasteiger charge is 2.71. The Morgan fingerprint density at radius 2 is 1.31 bits per heavy atom. The molecule has 5 rings (SSSR count). The first-order chi connectivity index (χ1) is 14.6. The molecule has 0 aromatic heterocycles. The molecular formula is C30H50O2. The molecule has 0 spiro atoms. The summed E-state index contributed by atoms with van der Waals surface area (Å²) in [5.41, 5.74) is 2.07. The van der Waals surface area contributed by atoms with Crippen molar-refractivity contribution in [2.45, 2.75) is 126 Å². The Kier molecular flexibility index (Phi) is 4.85. The molecule has 0 radical (unpaired) electrons. The third kappa shape index (κ3) is 2.71. The van der Waals surface area contributed by atoms with Crippen molar-refractivity contribution < 1.29 is 9.90 Å². The Hall–Kier alpha value is -0.370. The van der Waals surface area contributed by atoms with Crippen molar-refractivity contribution in [2.75, 3.05) is 0 Å². The Bertz CT molecular complexity index is 816. The fourth-order valence-electron chi connectivity index (χ4n) is 11.1. The molecule has 5 aliphatic carbocycles. The van der Waals surface area contributed by atoms with E-state index in [9.17, 15) is 9.90 Å². The maximum atomic E-state index is 12.8. The largest absolute Gasteiger partial charge is 0.385 e. The van der Waals surface area contributed by atoms with Gasteiger partial charge in [-0.15, -0.1) is 0 Å². The maximum Gasteiger partial charge on any atom is 0.164 e. The van der Waals surface area contributed by atoms with E-state index in [1.807, 2.05) is 0 Å². The second-order valence-corrected chi connectivity index (χ2v) is 15.4. The highest BCUT2D eigenvalue weighted by atomic mass is 16.3. The number of ketones is 1. The number of hydrogen-bond donors (Lipinski definition) is 1. The van der Waals surface area contributed by atoms with E-state index < -0.39 is 6.10 Å². The fraction of sp³-hybridized carbons (Fsp3) is 0.967. The predicted octanol–water partition coefficient (Wildman–Crippen LogP) is 7.43. The van der Waals surface area contributed by atoms with Gasteiger partial charge in [0.25, 0.3) is 0 Å². The van der Waals surface area contributed by atoms with E-state index in [0.29, 0.717) is 39.9 Å². The molecule has 2 heteroatoms. The molecule has 0 saturated heterocycles. The fourth-order valence-corrected chi connectivity index (χ4v) is 11.1. The van der Waals surface area contributed by atoms with Gasteiger partial charge >= 0.3 is 0 Å². The van der Waals surface area contributed by atoms with Gasteiger partial charge in [0, 0.05) is 5.92 Å². The first-order valence-corrected chi connectivity index (χ1v) is 13.8. The van der Waals surface area contributed by atoms with Gasteiger partial charge in [-0.2, -0.15) is 0 Å². The van der Waals surface area contributed by atoms with Gasteiger partial charge in [-0.25, -0.2) is 0 Å². The van der Waals surface area contributed by atoms with Crippen molar-refractivity contribution in [2.24, 2.45) is 56.2 Å². The van der Waals surface area contributed by atoms with Crippen LogP contribution >= 0.6 is 0 Å². The molecule has 182 valence electrons. The molecule has 0 heterocycles. The number of fused-ring (bicyclic) bond motifs is 7. The summed E-state index contributed by atoms with van der Waals surface area (Å²) in [5, 5.41) is 10.7. The molecule has 0 aromatic rings. The van der Waals surface area contributed by atoms with Crippen LogP contribution in [0, 0.1) is 56.2 Å². The van der Waals surface area contributed by atoms with Crippen molar-refractivity contribution in [1.29, 1.82) is 0 Å². The Morgan fingerprint density at radius 1 is 0.719 bits per heavy atom. The SMILES string of the molecule is C[C@H]1C(=O)[C@H](O)C[C@@H]2[C@]1(C)CC[C@@H]1[C@]2(C)CC[C@@]2(C)[C@H]3CC(C)(C)CC[C@]3(C)CC[C@]12C. The lowest BCUT2D eigenvalue weighted by Crippen LogP contribution is -2.68. The van der Waals surface area contributed by atoms with E-state index >= 15 is 0 Å². The van der Waals surface area contributed by atoms with Crippen LogP contribution in [0.1, 0.15) is 120 Å². The molecule has 5 fully saturated rings. The van der Waals surface area contributed by atoms with Gasteiger partial charge in [-0.3, -0.25) is 4.79 Å². The number of hydrogen-bond acceptors (Lipinski definition) is 2. The smallest absolute Gasteiger partial charge is 0.164 e. The number of rotatable bonds is 0. The minimum Gasteiger partial charge on any atom is -0.385 e. The van der Waals surface area contributed by atoms with Crippen molar-refractivity contribution in [3.05, 3.63) is 0 Å². The summed E-state index contributed by atoms with van der Waals surface area (Å²) in [6, 6.07) is 0. The van der Waals surface area contributed by atoms with Crippen LogP contribution in [-0.2, 0) is 4.79 Å². The van der Waals surface area contributed by atoms with Gasteiger partial charge in [0.15, 0.2) is 5.78 Å². The minimum absolute atomic E-state index is 0.0102. The van der Waals surface area contributed by atoms with Crippen LogP contribution in [0.15, 0.2) is 0 Å². The second kappa shape index (κ2) is 6.64. The summed E-state index contributed by atoms with van der Waals surface area (Å²) in [6.07, 6.45) is 12.0. The number of carbonyl (C=O) groups excluding carboxylic acids is 1. The monoisotopic (exact) mass is 442 g/mol. The highest BCUT2D eigenvalue weighted by molar-refractivity contribution is 5.86. The third-order valence-corrected chi connectivity index (χ3v) is 13.8. The summed E-state index contributed by atoms with van der Waals surface area (Å²) in [5.74, 6) is 2.11. The molecule has 0 aromatic carbocycles. The molecule has 0 aliphatic heterocycles. The normalized spacial score (nSPS) is 59.4. The Balaban J connectivity index is 1.55. The molecular weight excluding hydrogens is 392 g/mol. The van der Waals surface area contributed by atoms with Gasteiger partial charge in [-0.1, -0.05) is 55.4 Å². The van der Waals surface area contributed by atoms with Gasteiger partial charge in [0.05, 0.1) is 0 Å². The van der Waals surface area contributed by atoms with Gasteiger partial charge < -0.3 is 5.11 Å². The third-order valence-electron chi connectivity index (χ3n) is 13.8. The van der Waals surface area contributed by atoms with Crippen LogP contribution in [0.2, 0.25) is 0 Å². The average molecular weight is 443 g/mol. The number of carbonyl (C=O) groups is 1. The van der Waals surface area contributed by atoms with Crippen molar-refractivity contribution >= 4 is 5.78 Å². The summed E-state index contributed by atoms with van der Waals surface area (Å²) >= 11 is 0. The standard InChI is InChI=1S/C30H50O2/c1-19-24(32)20(31)17-22-27(19,5)10-9-21-28(22,6)14-16-30(8)23-18-25(2,3)11-12-26(23,4)13-15-29(21,30)7/h19-23,31H,9-18H2,1-8H3/t19-,20+,21+,22+,23-,26+,27+,28-,29+,30-/m0/s1. The molecule has 0 unspecified atom stereocenters. The van der Waals surface area contributed by atoms with Gasteiger partial charge in [-0.05, 0) is 114 Å². The van der Waals surface area contributed by atoms with Crippen molar-refractivity contribution in [3.8, 4) is 0 Å². The number of aliphatic hydroxyl groups is 1. The van der Waals surface area contributed by atoms with E-state index in [1.54, 1.807) is 0 Å². The lowest BCUT2D eigenvalue weighted by Gasteiger charge is -2.75. The van der Waals surface area contributed by atoms with Crippen LogP contribution in [-0.4, -0.2) is 17.0 Å². The van der Waals surface area contributed by atoms with E-state index in [4.69, 9.17) is 0 Å². The predicted molar refractivity (Wildman–Crippen MR) is 131 cm³/mol. The quantitative estimate of drug-likeness (QED) is 0.423. The van der Waals surface area contributed by atoms with E-state index in [1.165, 1.54) is 51.4 Å². The van der Waals surface area contributed by atoms with Crippen LogP contribution in [0.3, 0.4) is 0 Å². The van der Waals surface area contributed by atoms with Crippen LogP contribution in [0.4, 0.5) is 0 Å². The average Bonchev–Trinajstić information content (AvgIpc) is 2.72. The first kappa shape index (κ1) is 23.4. The molecule has 5 aliphatic rings. The molecule has 0 amide bonds. The summed E-state index contributed by atoms with van der Waals surface area (Å²) < 4.78 is 0. The van der Waals surface area contributed by atoms with Gasteiger partial charge in [0.2, 0.25) is 0 Å². The zero-order chi connectivity index (χ0) is 23.5. The minimum atomic E-state index is -0.742. The number of aliphatic hydroxyl groups excluding tert-OH is 1. The van der Waals surface area contributed by atoms with E-state index in [-0.39, 0.29) is 22.5 Å². The van der Waals surface area contributed by atoms with E-state index in [0.717, 1.165) is 12.3 Å². The summed E-state index contributed by atoms with van der Waals surface area (Å²) in [6.45, 7) is 20.1. The highest BCUT2D eigenvalue weighted by Crippen LogP contribution is 2.78. The Labute approximate surface area is 197 Å². The second-order valence-electron chi connectivity index (χ2n) is 15.4. The Morgan fingerprint density at radius 3 is 2.00 bits per heavy atom. The van der Waals surface area contributed by atoms with Gasteiger partial charge in [0.1, 0.15) is 6.10 Å². The molecule has 32 heavy (non-hydrogen) atoms.